The van der Waals surface area contributed by atoms with Gasteiger partial charge >= 0.3 is 0 Å². The Balaban J connectivity index is 3.02. The zero-order valence-electron chi connectivity index (χ0n) is 7.78. The first kappa shape index (κ1) is 10.8. The van der Waals surface area contributed by atoms with E-state index in [-0.39, 0.29) is 11.4 Å². The molecule has 0 bridgehead atoms. The Labute approximate surface area is 84.4 Å². The van der Waals surface area contributed by atoms with Gasteiger partial charge in [-0.3, -0.25) is 14.9 Å². The third-order valence-corrected chi connectivity index (χ3v) is 1.69. The van der Waals surface area contributed by atoms with Crippen molar-refractivity contribution in [3.05, 3.63) is 39.3 Å². The van der Waals surface area contributed by atoms with Crippen LogP contribution in [0, 0.1) is 15.0 Å². The molecular formula is C8H7N3O4. The lowest BCUT2D eigenvalue weighted by Crippen LogP contribution is -2.20. The van der Waals surface area contributed by atoms with Crippen molar-refractivity contribution < 1.29 is 9.72 Å². The maximum absolute atomic E-state index is 10.9. The largest absolute Gasteiger partial charge is 0.273 e. The summed E-state index contributed by atoms with van der Waals surface area (Å²) in [5, 5.41) is 13.4. The number of anilines is 1. The van der Waals surface area contributed by atoms with Crippen molar-refractivity contribution in [2.75, 3.05) is 5.01 Å². The Bertz CT molecular complexity index is 401. The summed E-state index contributed by atoms with van der Waals surface area (Å²) in [4.78, 5) is 30.9. The Kier molecular flexibility index (Phi) is 3.06. The van der Waals surface area contributed by atoms with Crippen molar-refractivity contribution in [3.8, 4) is 0 Å². The third-order valence-electron chi connectivity index (χ3n) is 1.69. The lowest BCUT2D eigenvalue weighted by Gasteiger charge is -2.09. The standard InChI is InChI=1S/C8H7N3O4/c1-6(12)10(9-13)7-2-4-8(5-3-7)11(14)15/h2-5H,1H3. The predicted molar refractivity (Wildman–Crippen MR) is 52.1 cm³/mol. The van der Waals surface area contributed by atoms with Crippen LogP contribution in [0.4, 0.5) is 11.4 Å². The van der Waals surface area contributed by atoms with E-state index in [0.717, 1.165) is 0 Å². The Hall–Kier alpha value is -2.31. The van der Waals surface area contributed by atoms with Gasteiger partial charge in [0.25, 0.3) is 5.69 Å². The minimum Gasteiger partial charge on any atom is -0.273 e. The molecular weight excluding hydrogens is 202 g/mol. The number of nitrogens with zero attached hydrogens (tertiary/aromatic N) is 3. The number of hydrogen-bond acceptors (Lipinski definition) is 5. The number of nitroso groups, excluding NO2 is 1. The van der Waals surface area contributed by atoms with E-state index in [1.807, 2.05) is 0 Å². The zero-order chi connectivity index (χ0) is 11.4. The average Bonchev–Trinajstić information content (AvgIpc) is 2.19. The fraction of sp³-hybridized carbons (Fsp3) is 0.125. The number of carbonyl (C=O) groups excluding carboxylic acids is 1. The first-order valence-electron chi connectivity index (χ1n) is 3.94. The van der Waals surface area contributed by atoms with E-state index in [0.29, 0.717) is 5.01 Å². The Morgan fingerprint density at radius 2 is 1.93 bits per heavy atom. The summed E-state index contributed by atoms with van der Waals surface area (Å²) in [5.74, 6) is -0.557. The minimum atomic E-state index is -0.573. The molecule has 7 nitrogen and oxygen atoms in total. The van der Waals surface area contributed by atoms with Crippen molar-refractivity contribution in [1.29, 1.82) is 0 Å². The molecule has 0 heterocycles. The molecule has 0 atom stereocenters. The zero-order valence-corrected chi connectivity index (χ0v) is 7.78. The predicted octanol–water partition coefficient (Wildman–Crippen LogP) is 1.63. The smallest absolute Gasteiger partial charge is 0.269 e. The van der Waals surface area contributed by atoms with Gasteiger partial charge in [-0.1, -0.05) is 0 Å². The molecule has 1 aromatic carbocycles. The molecule has 78 valence electrons. The molecule has 0 saturated carbocycles. The normalized spacial score (nSPS) is 9.40. The van der Waals surface area contributed by atoms with Gasteiger partial charge < -0.3 is 0 Å². The van der Waals surface area contributed by atoms with Crippen molar-refractivity contribution in [3.63, 3.8) is 0 Å². The van der Waals surface area contributed by atoms with Gasteiger partial charge in [0.1, 0.15) is 0 Å². The lowest BCUT2D eigenvalue weighted by atomic mass is 10.3. The van der Waals surface area contributed by atoms with Crippen LogP contribution in [-0.4, -0.2) is 10.8 Å². The highest BCUT2D eigenvalue weighted by Gasteiger charge is 2.13. The topological polar surface area (TPSA) is 92.9 Å². The van der Waals surface area contributed by atoms with Crippen LogP contribution in [0.5, 0.6) is 0 Å². The van der Waals surface area contributed by atoms with Crippen molar-refractivity contribution in [2.45, 2.75) is 6.92 Å². The van der Waals surface area contributed by atoms with E-state index in [1.165, 1.54) is 31.2 Å². The first-order valence-corrected chi connectivity index (χ1v) is 3.94. The number of rotatable bonds is 3. The number of hydrogen-bond donors (Lipinski definition) is 0. The molecule has 0 unspecified atom stereocenters. The fourth-order valence-electron chi connectivity index (χ4n) is 1.00. The van der Waals surface area contributed by atoms with E-state index >= 15 is 0 Å². The third kappa shape index (κ3) is 2.33. The van der Waals surface area contributed by atoms with Gasteiger partial charge in [-0.15, -0.1) is 4.91 Å². The van der Waals surface area contributed by atoms with Crippen LogP contribution in [0.3, 0.4) is 0 Å². The van der Waals surface area contributed by atoms with Gasteiger partial charge in [-0.05, 0) is 12.1 Å². The van der Waals surface area contributed by atoms with E-state index in [9.17, 15) is 19.8 Å². The molecule has 1 aromatic rings. The molecule has 0 radical (unpaired) electrons. The second-order valence-electron chi connectivity index (χ2n) is 2.69. The van der Waals surface area contributed by atoms with Crippen molar-refractivity contribution in [1.82, 2.24) is 0 Å². The number of nitro benzene ring substituents is 1. The highest BCUT2D eigenvalue weighted by Crippen LogP contribution is 2.19. The summed E-state index contributed by atoms with van der Waals surface area (Å²) in [6, 6.07) is 4.94. The van der Waals surface area contributed by atoms with E-state index in [4.69, 9.17) is 0 Å². The number of nitro groups is 1. The fourth-order valence-corrected chi connectivity index (χ4v) is 1.00. The lowest BCUT2D eigenvalue weighted by molar-refractivity contribution is -0.384. The molecule has 7 heteroatoms. The maximum Gasteiger partial charge on any atom is 0.269 e. The number of amides is 1. The van der Waals surface area contributed by atoms with Crippen LogP contribution in [0.15, 0.2) is 29.6 Å². The van der Waals surface area contributed by atoms with Gasteiger partial charge in [-0.2, -0.15) is 5.01 Å². The summed E-state index contributed by atoms with van der Waals surface area (Å²) in [6.07, 6.45) is 0. The van der Waals surface area contributed by atoms with Crippen LogP contribution in [0.2, 0.25) is 0 Å². The van der Waals surface area contributed by atoms with E-state index in [1.54, 1.807) is 0 Å². The summed E-state index contributed by atoms with van der Waals surface area (Å²) in [6.45, 7) is 1.17. The van der Waals surface area contributed by atoms with E-state index < -0.39 is 10.8 Å². The Morgan fingerprint density at radius 1 is 1.40 bits per heavy atom. The van der Waals surface area contributed by atoms with Crippen LogP contribution in [0.25, 0.3) is 0 Å². The summed E-state index contributed by atoms with van der Waals surface area (Å²) in [7, 11) is 0. The molecule has 1 rings (SSSR count). The molecule has 15 heavy (non-hydrogen) atoms. The maximum atomic E-state index is 10.9. The summed E-state index contributed by atoms with van der Waals surface area (Å²) < 4.78 is 0. The highest BCUT2D eigenvalue weighted by molar-refractivity contribution is 5.90. The molecule has 0 aliphatic rings. The molecule has 0 spiro atoms. The van der Waals surface area contributed by atoms with Crippen molar-refractivity contribution in [2.24, 2.45) is 5.29 Å². The van der Waals surface area contributed by atoms with Crippen molar-refractivity contribution >= 4 is 17.3 Å². The number of non-ortho nitro benzene ring substituents is 1. The average molecular weight is 209 g/mol. The van der Waals surface area contributed by atoms with Crippen LogP contribution < -0.4 is 5.01 Å². The molecule has 0 aromatic heterocycles. The van der Waals surface area contributed by atoms with Gasteiger partial charge in [-0.25, -0.2) is 0 Å². The van der Waals surface area contributed by atoms with Crippen LogP contribution in [0.1, 0.15) is 6.92 Å². The van der Waals surface area contributed by atoms with Gasteiger partial charge in [0, 0.05) is 19.1 Å². The van der Waals surface area contributed by atoms with Gasteiger partial charge in [0.05, 0.1) is 15.9 Å². The van der Waals surface area contributed by atoms with Gasteiger partial charge in [0.15, 0.2) is 0 Å². The molecule has 0 N–H and O–H groups in total. The van der Waals surface area contributed by atoms with E-state index in [2.05, 4.69) is 5.29 Å². The van der Waals surface area contributed by atoms with Crippen LogP contribution in [-0.2, 0) is 4.79 Å². The molecule has 0 fully saturated rings. The highest BCUT2D eigenvalue weighted by atomic mass is 16.6. The molecule has 0 aliphatic carbocycles. The van der Waals surface area contributed by atoms with Gasteiger partial charge in [0.2, 0.25) is 5.91 Å². The quantitative estimate of drug-likeness (QED) is 0.429. The Morgan fingerprint density at radius 3 is 2.27 bits per heavy atom. The first-order chi connectivity index (χ1) is 7.06. The number of benzene rings is 1. The minimum absolute atomic E-state index is 0.117. The SMILES string of the molecule is CC(=O)N(N=O)c1ccc([N+](=O)[O-])cc1. The van der Waals surface area contributed by atoms with Crippen LogP contribution >= 0.6 is 0 Å². The summed E-state index contributed by atoms with van der Waals surface area (Å²) >= 11 is 0. The molecule has 0 aliphatic heterocycles. The second-order valence-corrected chi connectivity index (χ2v) is 2.69. The number of carbonyl (C=O) groups is 1. The molecule has 1 amide bonds. The second kappa shape index (κ2) is 4.27. The monoisotopic (exact) mass is 209 g/mol. The molecule has 0 saturated heterocycles. The summed E-state index contributed by atoms with van der Waals surface area (Å²) in [5.41, 5.74) is 0.0799.